The fourth-order valence-electron chi connectivity index (χ4n) is 3.14. The Morgan fingerprint density at radius 3 is 1.87 bits per heavy atom. The van der Waals surface area contributed by atoms with Gasteiger partial charge in [0.25, 0.3) is 0 Å². The highest BCUT2D eigenvalue weighted by Gasteiger charge is 2.08. The van der Waals surface area contributed by atoms with Crippen molar-refractivity contribution in [3.8, 4) is 34.4 Å². The van der Waals surface area contributed by atoms with Crippen LogP contribution < -0.4 is 5.32 Å². The van der Waals surface area contributed by atoms with Gasteiger partial charge in [0.2, 0.25) is 0 Å². The van der Waals surface area contributed by atoms with Gasteiger partial charge < -0.3 is 15.3 Å². The zero-order chi connectivity index (χ0) is 20.9. The maximum atomic E-state index is 4.44. The molecule has 5 nitrogen and oxygen atoms in total. The third kappa shape index (κ3) is 4.35. The second-order valence-electron chi connectivity index (χ2n) is 7.19. The van der Waals surface area contributed by atoms with E-state index in [-0.39, 0.29) is 6.04 Å². The van der Waals surface area contributed by atoms with Gasteiger partial charge in [0.05, 0.1) is 29.8 Å². The summed E-state index contributed by atoms with van der Waals surface area (Å²) in [7, 11) is 1.92. The van der Waals surface area contributed by atoms with Crippen LogP contribution in [0.3, 0.4) is 0 Å². The van der Waals surface area contributed by atoms with Gasteiger partial charge in [-0.3, -0.25) is 0 Å². The van der Waals surface area contributed by atoms with Crippen molar-refractivity contribution in [3.63, 3.8) is 0 Å². The Kier molecular flexibility index (Phi) is 5.78. The van der Waals surface area contributed by atoms with Crippen molar-refractivity contribution in [3.05, 3.63) is 83.7 Å². The lowest BCUT2D eigenvalue weighted by molar-refractivity contribution is 0.618. The SMILES string of the molecule is CCc1ncc(-c2ccc(C#Cc3ccc(-c4cnc(C(C)NC)[nH]4)cc3)cc2)[nH]1. The van der Waals surface area contributed by atoms with Crippen LogP contribution in [0.2, 0.25) is 0 Å². The third-order valence-corrected chi connectivity index (χ3v) is 5.14. The average molecular weight is 396 g/mol. The molecule has 2 aromatic heterocycles. The molecule has 0 spiro atoms. The summed E-state index contributed by atoms with van der Waals surface area (Å²) in [6.45, 7) is 4.16. The summed E-state index contributed by atoms with van der Waals surface area (Å²) in [6.07, 6.45) is 4.65. The molecule has 0 fully saturated rings. The standard InChI is InChI=1S/C25H25N5/c1-4-24-27-15-22(29-24)20-11-7-18(8-12-20)5-6-19-9-13-21(14-10-19)23-16-28-25(30-23)17(2)26-3/h7-17,26H,4H2,1-3H3,(H,27,29)(H,28,30). The van der Waals surface area contributed by atoms with E-state index >= 15 is 0 Å². The van der Waals surface area contributed by atoms with Crippen LogP contribution in [-0.2, 0) is 6.42 Å². The molecule has 0 aliphatic heterocycles. The first-order chi connectivity index (χ1) is 14.7. The largest absolute Gasteiger partial charge is 0.342 e. The second kappa shape index (κ2) is 8.81. The van der Waals surface area contributed by atoms with E-state index < -0.39 is 0 Å². The highest BCUT2D eigenvalue weighted by Crippen LogP contribution is 2.20. The Balaban J connectivity index is 1.46. The van der Waals surface area contributed by atoms with Crippen molar-refractivity contribution in [2.45, 2.75) is 26.3 Å². The Labute approximate surface area is 177 Å². The summed E-state index contributed by atoms with van der Waals surface area (Å²) < 4.78 is 0. The maximum Gasteiger partial charge on any atom is 0.123 e. The zero-order valence-corrected chi connectivity index (χ0v) is 17.5. The Bertz CT molecular complexity index is 1170. The molecule has 2 heterocycles. The first-order valence-electron chi connectivity index (χ1n) is 10.1. The summed E-state index contributed by atoms with van der Waals surface area (Å²) in [6, 6.07) is 16.6. The number of H-pyrrole nitrogens is 2. The van der Waals surface area contributed by atoms with E-state index in [4.69, 9.17) is 0 Å². The van der Waals surface area contributed by atoms with E-state index in [1.165, 1.54) is 0 Å². The van der Waals surface area contributed by atoms with Crippen molar-refractivity contribution in [1.82, 2.24) is 25.3 Å². The molecule has 3 N–H and O–H groups in total. The molecular weight excluding hydrogens is 370 g/mol. The smallest absolute Gasteiger partial charge is 0.123 e. The first kappa shape index (κ1) is 19.7. The fourth-order valence-corrected chi connectivity index (χ4v) is 3.14. The molecule has 30 heavy (non-hydrogen) atoms. The number of nitrogens with zero attached hydrogens (tertiary/aromatic N) is 2. The maximum absolute atomic E-state index is 4.44. The molecule has 0 aliphatic carbocycles. The molecule has 4 rings (SSSR count). The van der Waals surface area contributed by atoms with Crippen molar-refractivity contribution in [2.75, 3.05) is 7.05 Å². The number of nitrogens with one attached hydrogen (secondary N) is 3. The Morgan fingerprint density at radius 1 is 0.833 bits per heavy atom. The number of aromatic amines is 2. The molecule has 150 valence electrons. The molecule has 5 heteroatoms. The van der Waals surface area contributed by atoms with E-state index in [1.54, 1.807) is 0 Å². The van der Waals surface area contributed by atoms with Gasteiger partial charge in [-0.25, -0.2) is 9.97 Å². The van der Waals surface area contributed by atoms with Gasteiger partial charge in [0.1, 0.15) is 11.6 Å². The molecule has 1 atom stereocenters. The lowest BCUT2D eigenvalue weighted by Gasteiger charge is -2.05. The summed E-state index contributed by atoms with van der Waals surface area (Å²) in [4.78, 5) is 15.5. The van der Waals surface area contributed by atoms with Crippen LogP contribution in [0.4, 0.5) is 0 Å². The van der Waals surface area contributed by atoms with Gasteiger partial charge in [-0.1, -0.05) is 43.0 Å². The predicted octanol–water partition coefficient (Wildman–Crippen LogP) is 4.71. The first-order valence-corrected chi connectivity index (χ1v) is 10.1. The van der Waals surface area contributed by atoms with E-state index in [9.17, 15) is 0 Å². The number of hydrogen-bond acceptors (Lipinski definition) is 3. The zero-order valence-electron chi connectivity index (χ0n) is 17.5. The van der Waals surface area contributed by atoms with E-state index in [1.807, 2.05) is 43.7 Å². The normalized spacial score (nSPS) is 11.7. The molecule has 0 aliphatic rings. The number of benzene rings is 2. The van der Waals surface area contributed by atoms with Crippen molar-refractivity contribution >= 4 is 0 Å². The number of rotatable bonds is 5. The monoisotopic (exact) mass is 395 g/mol. The van der Waals surface area contributed by atoms with Crippen LogP contribution in [0, 0.1) is 11.8 Å². The van der Waals surface area contributed by atoms with Gasteiger partial charge in [-0.2, -0.15) is 0 Å². The van der Waals surface area contributed by atoms with E-state index in [0.717, 1.165) is 51.7 Å². The van der Waals surface area contributed by atoms with Crippen LogP contribution >= 0.6 is 0 Å². The molecule has 0 saturated carbocycles. The van der Waals surface area contributed by atoms with Gasteiger partial charge in [-0.15, -0.1) is 0 Å². The fraction of sp³-hybridized carbons (Fsp3) is 0.200. The molecule has 0 amide bonds. The van der Waals surface area contributed by atoms with E-state index in [0.29, 0.717) is 0 Å². The van der Waals surface area contributed by atoms with Crippen LogP contribution in [0.1, 0.15) is 42.7 Å². The summed E-state index contributed by atoms with van der Waals surface area (Å²) in [5.74, 6) is 8.41. The van der Waals surface area contributed by atoms with Gasteiger partial charge >= 0.3 is 0 Å². The lowest BCUT2D eigenvalue weighted by Crippen LogP contribution is -2.13. The second-order valence-corrected chi connectivity index (χ2v) is 7.19. The van der Waals surface area contributed by atoms with Crippen molar-refractivity contribution in [1.29, 1.82) is 0 Å². The topological polar surface area (TPSA) is 69.4 Å². The Hall–Kier alpha value is -3.62. The Morgan fingerprint density at radius 2 is 1.37 bits per heavy atom. The predicted molar refractivity (Wildman–Crippen MR) is 121 cm³/mol. The van der Waals surface area contributed by atoms with Crippen LogP contribution in [-0.4, -0.2) is 27.0 Å². The van der Waals surface area contributed by atoms with Crippen LogP contribution in [0.15, 0.2) is 60.9 Å². The quantitative estimate of drug-likeness (QED) is 0.429. The minimum Gasteiger partial charge on any atom is -0.342 e. The summed E-state index contributed by atoms with van der Waals surface area (Å²) in [5, 5.41) is 3.19. The lowest BCUT2D eigenvalue weighted by atomic mass is 10.1. The van der Waals surface area contributed by atoms with Gasteiger partial charge in [0, 0.05) is 17.5 Å². The molecule has 4 aromatic rings. The van der Waals surface area contributed by atoms with Crippen LogP contribution in [0.5, 0.6) is 0 Å². The number of hydrogen-bond donors (Lipinski definition) is 3. The minimum absolute atomic E-state index is 0.192. The minimum atomic E-state index is 0.192. The number of aryl methyl sites for hydroxylation is 1. The molecule has 0 radical (unpaired) electrons. The highest BCUT2D eigenvalue weighted by atomic mass is 15.0. The summed E-state index contributed by atoms with van der Waals surface area (Å²) in [5.41, 5.74) is 6.21. The molecule has 1 unspecified atom stereocenters. The molecule has 2 aromatic carbocycles. The van der Waals surface area contributed by atoms with E-state index in [2.05, 4.69) is 75.2 Å². The third-order valence-electron chi connectivity index (χ3n) is 5.14. The summed E-state index contributed by atoms with van der Waals surface area (Å²) >= 11 is 0. The van der Waals surface area contributed by atoms with Crippen LogP contribution in [0.25, 0.3) is 22.5 Å². The van der Waals surface area contributed by atoms with Crippen molar-refractivity contribution < 1.29 is 0 Å². The molecular formula is C25H25N5. The van der Waals surface area contributed by atoms with Crippen molar-refractivity contribution in [2.24, 2.45) is 0 Å². The number of imidazole rings is 2. The molecule has 0 saturated heterocycles. The molecule has 0 bridgehead atoms. The average Bonchev–Trinajstić information content (AvgIpc) is 3.48. The van der Waals surface area contributed by atoms with Gasteiger partial charge in [0.15, 0.2) is 0 Å². The highest BCUT2D eigenvalue weighted by molar-refractivity contribution is 5.62. The number of aromatic nitrogens is 4. The van der Waals surface area contributed by atoms with Gasteiger partial charge in [-0.05, 0) is 49.4 Å².